The summed E-state index contributed by atoms with van der Waals surface area (Å²) in [5.41, 5.74) is 27.7. The Morgan fingerprint density at radius 2 is 0.570 bits per heavy atom. The Kier molecular flexibility index (Phi) is 11.0. The van der Waals surface area contributed by atoms with E-state index in [1.54, 1.807) is 0 Å². The van der Waals surface area contributed by atoms with Gasteiger partial charge < -0.3 is 9.13 Å². The fraction of sp³-hybridized carbons (Fsp3) is 0.137. The van der Waals surface area contributed by atoms with E-state index in [2.05, 4.69) is 265 Å². The van der Waals surface area contributed by atoms with Crippen LogP contribution < -0.4 is 0 Å². The molecule has 0 fully saturated rings. The summed E-state index contributed by atoms with van der Waals surface area (Å²) >= 11 is 0. The fourth-order valence-electron chi connectivity index (χ4n) is 13.3. The van der Waals surface area contributed by atoms with Crippen LogP contribution in [0.15, 0.2) is 182 Å². The standard InChI is InChI=1S/C73H60N6/c1-41-19-25-63-55(35-41)56-36-42(2)20-26-64(56)77(63)61-17-13-11-15-53(61)71-74-72(54-16-12-14-18-62(54)78-65-27-21-43(3)37-57(65)58-38-44(4)22-28-66(58)78)76-73(75-71)79-67-29-23-51(69-47(7)31-45(5)32-48(69)8)39-59(67)60-40-52(24-30-68(60)79)70-49(9)33-46(6)34-50(70)10/h11-40H,1-10H3. The molecule has 0 radical (unpaired) electrons. The Morgan fingerprint density at radius 3 is 0.924 bits per heavy atom. The maximum absolute atomic E-state index is 5.70. The lowest BCUT2D eigenvalue weighted by molar-refractivity contribution is 0.950. The molecule has 4 heterocycles. The molecule has 79 heavy (non-hydrogen) atoms. The number of fused-ring (bicyclic) bond motifs is 9. The first-order chi connectivity index (χ1) is 38.3. The van der Waals surface area contributed by atoms with Crippen molar-refractivity contribution in [3.05, 3.63) is 238 Å². The summed E-state index contributed by atoms with van der Waals surface area (Å²) in [6.07, 6.45) is 0. The van der Waals surface area contributed by atoms with Crippen molar-refractivity contribution in [1.82, 2.24) is 28.7 Å². The SMILES string of the molecule is Cc1cc(C)c(-c2ccc3c(c2)c2cc(-c4c(C)cc(C)cc4C)ccc2n3-c2nc(-c3ccccc3-n3c4ccc(C)cc4c4cc(C)ccc43)nc(-c3ccccc3-n3c4ccc(C)cc4c4cc(C)ccc43)n2)c(C)c1. The molecule has 0 atom stereocenters. The molecule has 0 amide bonds. The molecule has 0 aliphatic heterocycles. The highest BCUT2D eigenvalue weighted by Crippen LogP contribution is 2.43. The zero-order chi connectivity index (χ0) is 54.1. The van der Waals surface area contributed by atoms with Gasteiger partial charge in [0.25, 0.3) is 0 Å². The van der Waals surface area contributed by atoms with E-state index in [0.29, 0.717) is 17.6 Å². The van der Waals surface area contributed by atoms with Gasteiger partial charge in [-0.2, -0.15) is 9.97 Å². The van der Waals surface area contributed by atoms with Crippen LogP contribution in [0.5, 0.6) is 0 Å². The smallest absolute Gasteiger partial charge is 0.238 e. The minimum Gasteiger partial charge on any atom is -0.309 e. The van der Waals surface area contributed by atoms with Crippen molar-refractivity contribution in [3.63, 3.8) is 0 Å². The number of hydrogen-bond acceptors (Lipinski definition) is 3. The van der Waals surface area contributed by atoms with E-state index in [4.69, 9.17) is 15.0 Å². The van der Waals surface area contributed by atoms with Gasteiger partial charge in [0.15, 0.2) is 11.6 Å². The maximum atomic E-state index is 5.70. The normalized spacial score (nSPS) is 11.9. The number of para-hydroxylation sites is 2. The Balaban J connectivity index is 1.08. The number of nitrogens with zero attached hydrogens (tertiary/aromatic N) is 6. The molecule has 14 aromatic rings. The van der Waals surface area contributed by atoms with Crippen molar-refractivity contribution in [2.75, 3.05) is 0 Å². The average Bonchev–Trinajstić information content (AvgIpc) is 4.05. The monoisotopic (exact) mass is 1020 g/mol. The van der Waals surface area contributed by atoms with Crippen molar-refractivity contribution in [2.24, 2.45) is 0 Å². The van der Waals surface area contributed by atoms with E-state index in [9.17, 15) is 0 Å². The average molecular weight is 1020 g/mol. The Morgan fingerprint density at radius 1 is 0.266 bits per heavy atom. The molecule has 0 unspecified atom stereocenters. The van der Waals surface area contributed by atoms with E-state index in [1.165, 1.54) is 99.4 Å². The van der Waals surface area contributed by atoms with Crippen LogP contribution in [0.4, 0.5) is 0 Å². The third-order valence-corrected chi connectivity index (χ3v) is 16.4. The molecular weight excluding hydrogens is 961 g/mol. The van der Waals surface area contributed by atoms with Crippen LogP contribution in [0, 0.1) is 69.2 Å². The van der Waals surface area contributed by atoms with Gasteiger partial charge in [0, 0.05) is 43.4 Å². The number of hydrogen-bond donors (Lipinski definition) is 0. The van der Waals surface area contributed by atoms with Crippen molar-refractivity contribution in [3.8, 4) is 62.4 Å². The van der Waals surface area contributed by atoms with E-state index < -0.39 is 0 Å². The van der Waals surface area contributed by atoms with Crippen molar-refractivity contribution < 1.29 is 0 Å². The second-order valence-electron chi connectivity index (χ2n) is 22.4. The first-order valence-electron chi connectivity index (χ1n) is 27.5. The molecule has 382 valence electrons. The van der Waals surface area contributed by atoms with Gasteiger partial charge >= 0.3 is 0 Å². The molecule has 0 saturated heterocycles. The first-order valence-corrected chi connectivity index (χ1v) is 27.5. The number of aryl methyl sites for hydroxylation is 10. The minimum atomic E-state index is 0.539. The van der Waals surface area contributed by atoms with Gasteiger partial charge in [-0.1, -0.05) is 118 Å². The molecule has 0 bridgehead atoms. The molecule has 0 aliphatic rings. The zero-order valence-corrected chi connectivity index (χ0v) is 46.5. The second kappa shape index (κ2) is 18.1. The molecule has 0 aliphatic carbocycles. The zero-order valence-electron chi connectivity index (χ0n) is 46.5. The molecule has 4 aromatic heterocycles. The van der Waals surface area contributed by atoms with Gasteiger partial charge in [-0.15, -0.1) is 0 Å². The summed E-state index contributed by atoms with van der Waals surface area (Å²) in [7, 11) is 0. The van der Waals surface area contributed by atoms with E-state index in [0.717, 1.165) is 66.4 Å². The summed E-state index contributed by atoms with van der Waals surface area (Å²) in [6.45, 7) is 22.0. The summed E-state index contributed by atoms with van der Waals surface area (Å²) < 4.78 is 7.07. The summed E-state index contributed by atoms with van der Waals surface area (Å²) in [5.74, 6) is 1.69. The lowest BCUT2D eigenvalue weighted by Gasteiger charge is -2.17. The third-order valence-electron chi connectivity index (χ3n) is 16.4. The van der Waals surface area contributed by atoms with E-state index >= 15 is 0 Å². The topological polar surface area (TPSA) is 53.5 Å². The van der Waals surface area contributed by atoms with Gasteiger partial charge in [-0.25, -0.2) is 4.98 Å². The predicted molar refractivity (Wildman–Crippen MR) is 332 cm³/mol. The van der Waals surface area contributed by atoms with Crippen LogP contribution in [0.25, 0.3) is 128 Å². The summed E-state index contributed by atoms with van der Waals surface area (Å²) in [5, 5.41) is 7.12. The minimum absolute atomic E-state index is 0.539. The molecule has 0 N–H and O–H groups in total. The lowest BCUT2D eigenvalue weighted by atomic mass is 9.91. The molecule has 0 spiro atoms. The first kappa shape index (κ1) is 48.0. The maximum Gasteiger partial charge on any atom is 0.238 e. The van der Waals surface area contributed by atoms with Crippen LogP contribution in [-0.4, -0.2) is 28.7 Å². The van der Waals surface area contributed by atoms with E-state index in [-0.39, 0.29) is 0 Å². The molecule has 10 aromatic carbocycles. The summed E-state index contributed by atoms with van der Waals surface area (Å²) in [4.78, 5) is 17.1. The highest BCUT2D eigenvalue weighted by molar-refractivity contribution is 6.13. The van der Waals surface area contributed by atoms with Crippen LogP contribution >= 0.6 is 0 Å². The quantitative estimate of drug-likeness (QED) is 0.160. The summed E-state index contributed by atoms with van der Waals surface area (Å²) in [6, 6.07) is 67.4. The van der Waals surface area contributed by atoms with Crippen LogP contribution in [0.2, 0.25) is 0 Å². The third kappa shape index (κ3) is 7.72. The number of benzene rings is 10. The highest BCUT2D eigenvalue weighted by Gasteiger charge is 2.25. The Labute approximate surface area is 460 Å². The van der Waals surface area contributed by atoms with Crippen molar-refractivity contribution in [2.45, 2.75) is 69.2 Å². The largest absolute Gasteiger partial charge is 0.309 e. The molecular formula is C73H60N6. The molecule has 6 nitrogen and oxygen atoms in total. The highest BCUT2D eigenvalue weighted by atomic mass is 15.2. The van der Waals surface area contributed by atoms with Gasteiger partial charge in [0.2, 0.25) is 5.95 Å². The Bertz CT molecular complexity index is 4440. The molecule has 6 heteroatoms. The lowest BCUT2D eigenvalue weighted by Crippen LogP contribution is -2.09. The van der Waals surface area contributed by atoms with Crippen molar-refractivity contribution in [1.29, 1.82) is 0 Å². The van der Waals surface area contributed by atoms with Gasteiger partial charge in [-0.3, -0.25) is 4.57 Å². The van der Waals surface area contributed by atoms with Gasteiger partial charge in [0.05, 0.1) is 44.5 Å². The molecule has 14 rings (SSSR count). The van der Waals surface area contributed by atoms with Crippen LogP contribution in [-0.2, 0) is 0 Å². The number of aromatic nitrogens is 6. The van der Waals surface area contributed by atoms with Gasteiger partial charge in [-0.05, 0) is 211 Å². The van der Waals surface area contributed by atoms with Gasteiger partial charge in [0.1, 0.15) is 0 Å². The van der Waals surface area contributed by atoms with Crippen LogP contribution in [0.1, 0.15) is 55.6 Å². The predicted octanol–water partition coefficient (Wildman–Crippen LogP) is 18.9. The number of rotatable bonds is 7. The second-order valence-corrected chi connectivity index (χ2v) is 22.4. The van der Waals surface area contributed by atoms with E-state index in [1.807, 2.05) is 0 Å². The fourth-order valence-corrected chi connectivity index (χ4v) is 13.3. The Hall–Kier alpha value is -9.39. The van der Waals surface area contributed by atoms with Crippen LogP contribution in [0.3, 0.4) is 0 Å². The molecule has 0 saturated carbocycles. The van der Waals surface area contributed by atoms with Crippen molar-refractivity contribution >= 4 is 65.4 Å².